The first kappa shape index (κ1) is 19.1. The first-order valence-corrected chi connectivity index (χ1v) is 11.3. The van der Waals surface area contributed by atoms with Gasteiger partial charge < -0.3 is 0 Å². The topological polar surface area (TPSA) is 76.4 Å². The average molecular weight is 433 g/mol. The summed E-state index contributed by atoms with van der Waals surface area (Å²) in [7, 11) is -3.58. The van der Waals surface area contributed by atoms with Crippen LogP contribution in [-0.2, 0) is 16.4 Å². The number of hydrogen-bond acceptors (Lipinski definition) is 5. The van der Waals surface area contributed by atoms with Gasteiger partial charge in [0.05, 0.1) is 10.6 Å². The average Bonchev–Trinajstić information content (AvgIpc) is 3.24. The highest BCUT2D eigenvalue weighted by molar-refractivity contribution is 7.89. The lowest BCUT2D eigenvalue weighted by molar-refractivity contribution is 0.581. The molecule has 0 saturated carbocycles. The van der Waals surface area contributed by atoms with Gasteiger partial charge in [-0.3, -0.25) is 0 Å². The Balaban J connectivity index is 1.48. The second kappa shape index (κ2) is 7.63. The van der Waals surface area contributed by atoms with Gasteiger partial charge in [-0.05, 0) is 31.2 Å². The number of sulfonamides is 1. The lowest BCUT2D eigenvalue weighted by Crippen LogP contribution is -2.26. The molecule has 2 aromatic carbocycles. The van der Waals surface area contributed by atoms with Crippen LogP contribution in [0.25, 0.3) is 16.3 Å². The molecule has 4 rings (SSSR count). The largest absolute Gasteiger partial charge is 0.240 e. The molecular formula is C19H17ClN4O2S2. The van der Waals surface area contributed by atoms with E-state index < -0.39 is 10.0 Å². The molecule has 144 valence electrons. The zero-order valence-electron chi connectivity index (χ0n) is 15.0. The smallest absolute Gasteiger partial charge is 0.211 e. The van der Waals surface area contributed by atoms with Crippen LogP contribution in [0.15, 0.2) is 58.8 Å². The lowest BCUT2D eigenvalue weighted by Gasteiger charge is -2.06. The molecule has 1 N–H and O–H groups in total. The van der Waals surface area contributed by atoms with Crippen molar-refractivity contribution in [2.24, 2.45) is 0 Å². The second-order valence-corrected chi connectivity index (χ2v) is 9.36. The van der Waals surface area contributed by atoms with E-state index in [0.29, 0.717) is 17.3 Å². The zero-order valence-corrected chi connectivity index (χ0v) is 17.4. The van der Waals surface area contributed by atoms with Crippen molar-refractivity contribution >= 4 is 37.9 Å². The number of nitrogens with one attached hydrogen (secondary N) is 1. The summed E-state index contributed by atoms with van der Waals surface area (Å²) in [6.45, 7) is 2.29. The Kier molecular flexibility index (Phi) is 5.20. The number of hydrogen-bond donors (Lipinski definition) is 1. The summed E-state index contributed by atoms with van der Waals surface area (Å²) in [5, 5.41) is 7.02. The molecule has 9 heteroatoms. The molecule has 0 saturated heterocycles. The number of benzene rings is 2. The summed E-state index contributed by atoms with van der Waals surface area (Å²) in [6, 6.07) is 14.1. The van der Waals surface area contributed by atoms with E-state index in [2.05, 4.69) is 14.8 Å². The van der Waals surface area contributed by atoms with Crippen molar-refractivity contribution in [2.45, 2.75) is 18.2 Å². The molecular weight excluding hydrogens is 416 g/mol. The molecule has 0 spiro atoms. The Bertz CT molecular complexity index is 1210. The van der Waals surface area contributed by atoms with Gasteiger partial charge in [0.1, 0.15) is 0 Å². The summed E-state index contributed by atoms with van der Waals surface area (Å²) >= 11 is 7.30. The maximum atomic E-state index is 12.4. The number of halogens is 1. The summed E-state index contributed by atoms with van der Waals surface area (Å²) < 4.78 is 29.1. The highest BCUT2D eigenvalue weighted by Crippen LogP contribution is 2.21. The van der Waals surface area contributed by atoms with Crippen molar-refractivity contribution < 1.29 is 8.42 Å². The third kappa shape index (κ3) is 3.95. The van der Waals surface area contributed by atoms with E-state index in [1.54, 1.807) is 16.6 Å². The van der Waals surface area contributed by atoms with Crippen molar-refractivity contribution in [1.82, 2.24) is 19.3 Å². The molecule has 0 fully saturated rings. The van der Waals surface area contributed by atoms with Gasteiger partial charge in [-0.1, -0.05) is 41.4 Å². The van der Waals surface area contributed by atoms with Crippen molar-refractivity contribution in [3.63, 3.8) is 0 Å². The predicted molar refractivity (Wildman–Crippen MR) is 111 cm³/mol. The molecule has 2 heterocycles. The van der Waals surface area contributed by atoms with Crippen LogP contribution < -0.4 is 4.72 Å². The van der Waals surface area contributed by atoms with Gasteiger partial charge in [-0.25, -0.2) is 17.7 Å². The van der Waals surface area contributed by atoms with Gasteiger partial charge in [0.25, 0.3) is 0 Å². The number of aryl methyl sites for hydroxylation is 1. The van der Waals surface area contributed by atoms with Crippen LogP contribution in [0.2, 0.25) is 5.02 Å². The first-order chi connectivity index (χ1) is 13.4. The third-order valence-corrected chi connectivity index (χ3v) is 6.85. The van der Waals surface area contributed by atoms with E-state index in [4.69, 9.17) is 11.6 Å². The highest BCUT2D eigenvalue weighted by Gasteiger charge is 2.15. The van der Waals surface area contributed by atoms with Gasteiger partial charge in [0.2, 0.25) is 15.0 Å². The molecule has 28 heavy (non-hydrogen) atoms. The van der Waals surface area contributed by atoms with Crippen LogP contribution in [0.4, 0.5) is 0 Å². The van der Waals surface area contributed by atoms with E-state index >= 15 is 0 Å². The molecule has 0 unspecified atom stereocenters. The summed E-state index contributed by atoms with van der Waals surface area (Å²) in [4.78, 5) is 5.54. The van der Waals surface area contributed by atoms with E-state index in [-0.39, 0.29) is 11.4 Å². The van der Waals surface area contributed by atoms with E-state index in [0.717, 1.165) is 16.2 Å². The molecule has 4 aromatic rings. The van der Waals surface area contributed by atoms with Crippen molar-refractivity contribution in [3.8, 4) is 11.4 Å². The molecule has 0 aliphatic heterocycles. The quantitative estimate of drug-likeness (QED) is 0.500. The fourth-order valence-corrected chi connectivity index (χ4v) is 4.75. The van der Waals surface area contributed by atoms with Gasteiger partial charge in [0, 0.05) is 28.9 Å². The normalized spacial score (nSPS) is 11.9. The van der Waals surface area contributed by atoms with E-state index in [1.807, 2.05) is 36.6 Å². The molecule has 0 amide bonds. The Morgan fingerprint density at radius 3 is 2.54 bits per heavy atom. The Morgan fingerprint density at radius 1 is 1.11 bits per heavy atom. The standard InChI is InChI=1S/C19H17ClN4O2S2/c1-13-2-4-14(5-3-13)18-22-19-24(23-18)16(12-27-19)10-11-21-28(25,26)17-8-6-15(20)7-9-17/h2-9,12,21H,10-11H2,1H3. The Morgan fingerprint density at radius 2 is 1.82 bits per heavy atom. The van der Waals surface area contributed by atoms with Crippen LogP contribution in [-0.4, -0.2) is 29.6 Å². The molecule has 6 nitrogen and oxygen atoms in total. The number of thiazole rings is 1. The second-order valence-electron chi connectivity index (χ2n) is 6.32. The monoisotopic (exact) mass is 432 g/mol. The zero-order chi connectivity index (χ0) is 19.7. The molecule has 0 atom stereocenters. The number of nitrogens with zero attached hydrogens (tertiary/aromatic N) is 3. The molecule has 0 bridgehead atoms. The van der Waals surface area contributed by atoms with Crippen LogP contribution >= 0.6 is 22.9 Å². The minimum absolute atomic E-state index is 0.190. The van der Waals surface area contributed by atoms with Crippen molar-refractivity contribution in [2.75, 3.05) is 6.54 Å². The SMILES string of the molecule is Cc1ccc(-c2nc3scc(CCNS(=O)(=O)c4ccc(Cl)cc4)n3n2)cc1. The van der Waals surface area contributed by atoms with E-state index in [9.17, 15) is 8.42 Å². The minimum Gasteiger partial charge on any atom is -0.211 e. The van der Waals surface area contributed by atoms with Crippen molar-refractivity contribution in [1.29, 1.82) is 0 Å². The maximum Gasteiger partial charge on any atom is 0.240 e. The summed E-state index contributed by atoms with van der Waals surface area (Å²) in [5.74, 6) is 0.662. The fourth-order valence-electron chi connectivity index (χ4n) is 2.73. The van der Waals surface area contributed by atoms with Gasteiger partial charge >= 0.3 is 0 Å². The molecule has 0 aliphatic carbocycles. The van der Waals surface area contributed by atoms with Crippen LogP contribution in [0.5, 0.6) is 0 Å². The molecule has 0 aliphatic rings. The predicted octanol–water partition coefficient (Wildman–Crippen LogP) is 3.94. The number of rotatable bonds is 6. The Hall–Kier alpha value is -2.26. The maximum absolute atomic E-state index is 12.4. The molecule has 0 radical (unpaired) electrons. The van der Waals surface area contributed by atoms with Crippen LogP contribution in [0.3, 0.4) is 0 Å². The summed E-state index contributed by atoms with van der Waals surface area (Å²) in [6.07, 6.45) is 0.503. The Labute approximate surface area is 171 Å². The third-order valence-electron chi connectivity index (χ3n) is 4.26. The van der Waals surface area contributed by atoms with Gasteiger partial charge in [-0.2, -0.15) is 4.98 Å². The van der Waals surface area contributed by atoms with Gasteiger partial charge in [0.15, 0.2) is 5.82 Å². The molecule has 2 aromatic heterocycles. The fraction of sp³-hybridized carbons (Fsp3) is 0.158. The lowest BCUT2D eigenvalue weighted by atomic mass is 10.1. The minimum atomic E-state index is -3.58. The van der Waals surface area contributed by atoms with Crippen LogP contribution in [0, 0.1) is 6.92 Å². The van der Waals surface area contributed by atoms with E-state index in [1.165, 1.54) is 29.0 Å². The number of aromatic nitrogens is 3. The highest BCUT2D eigenvalue weighted by atomic mass is 35.5. The van der Waals surface area contributed by atoms with Gasteiger partial charge in [-0.15, -0.1) is 16.4 Å². The number of fused-ring (bicyclic) bond motifs is 1. The van der Waals surface area contributed by atoms with Crippen molar-refractivity contribution in [3.05, 3.63) is 70.2 Å². The first-order valence-electron chi connectivity index (χ1n) is 8.58. The summed E-state index contributed by atoms with van der Waals surface area (Å²) in [5.41, 5.74) is 3.04. The van der Waals surface area contributed by atoms with Crippen LogP contribution in [0.1, 0.15) is 11.3 Å².